The monoisotopic (exact) mass is 364 g/mol. The average molecular weight is 364 g/mol. The number of carbonyl (C=O) groups excluding carboxylic acids is 1. The molecule has 0 saturated heterocycles. The largest absolute Gasteiger partial charge is 0.373 e. The van der Waals surface area contributed by atoms with Gasteiger partial charge in [0.2, 0.25) is 5.91 Å². The van der Waals surface area contributed by atoms with Crippen molar-refractivity contribution in [2.45, 2.75) is 44.2 Å². The Balaban J connectivity index is 1.30. The molecule has 1 aliphatic heterocycles. The Morgan fingerprint density at radius 2 is 2.42 bits per heavy atom. The SMILES string of the molecule is O=C(C[C@H]1OCCc2sccc21)NCCc1n[nH]c(=S)n1C1CC1. The summed E-state index contributed by atoms with van der Waals surface area (Å²) in [5, 5.41) is 12.2. The van der Waals surface area contributed by atoms with Gasteiger partial charge in [0.1, 0.15) is 5.82 Å². The van der Waals surface area contributed by atoms with Gasteiger partial charge in [0.15, 0.2) is 4.77 Å². The summed E-state index contributed by atoms with van der Waals surface area (Å²) in [6.07, 6.45) is 4.23. The zero-order valence-electron chi connectivity index (χ0n) is 13.3. The molecule has 128 valence electrons. The van der Waals surface area contributed by atoms with Crippen LogP contribution in [0.15, 0.2) is 11.4 Å². The lowest BCUT2D eigenvalue weighted by Crippen LogP contribution is -2.29. The van der Waals surface area contributed by atoms with Crippen LogP contribution in [0.1, 0.15) is 47.7 Å². The number of aromatic nitrogens is 3. The van der Waals surface area contributed by atoms with Crippen molar-refractivity contribution in [2.75, 3.05) is 13.2 Å². The minimum atomic E-state index is -0.110. The number of fused-ring (bicyclic) bond motifs is 1. The maximum atomic E-state index is 12.2. The number of nitrogens with one attached hydrogen (secondary N) is 2. The van der Waals surface area contributed by atoms with Gasteiger partial charge in [0, 0.05) is 30.3 Å². The van der Waals surface area contributed by atoms with Crippen LogP contribution in [-0.2, 0) is 22.4 Å². The van der Waals surface area contributed by atoms with E-state index in [-0.39, 0.29) is 12.0 Å². The number of hydrogen-bond acceptors (Lipinski definition) is 5. The summed E-state index contributed by atoms with van der Waals surface area (Å²) >= 11 is 7.02. The topological polar surface area (TPSA) is 71.9 Å². The summed E-state index contributed by atoms with van der Waals surface area (Å²) in [5.74, 6) is 0.947. The first kappa shape index (κ1) is 16.0. The third-order valence-corrected chi connectivity index (χ3v) is 5.79. The molecule has 8 heteroatoms. The van der Waals surface area contributed by atoms with Crippen molar-refractivity contribution in [3.8, 4) is 0 Å². The van der Waals surface area contributed by atoms with Crippen LogP contribution in [-0.4, -0.2) is 33.8 Å². The molecule has 1 saturated carbocycles. The van der Waals surface area contributed by atoms with Crippen LogP contribution in [0, 0.1) is 4.77 Å². The van der Waals surface area contributed by atoms with E-state index >= 15 is 0 Å². The molecule has 0 spiro atoms. The Kier molecular flexibility index (Phi) is 4.51. The summed E-state index contributed by atoms with van der Waals surface area (Å²) in [6, 6.07) is 2.57. The van der Waals surface area contributed by atoms with Gasteiger partial charge in [-0.05, 0) is 42.1 Å². The highest BCUT2D eigenvalue weighted by atomic mass is 32.1. The number of rotatable bonds is 6. The lowest BCUT2D eigenvalue weighted by atomic mass is 10.0. The summed E-state index contributed by atoms with van der Waals surface area (Å²) in [5.41, 5.74) is 1.18. The van der Waals surface area contributed by atoms with Gasteiger partial charge in [0.05, 0.1) is 19.1 Å². The van der Waals surface area contributed by atoms with Crippen LogP contribution in [0.5, 0.6) is 0 Å². The zero-order chi connectivity index (χ0) is 16.5. The van der Waals surface area contributed by atoms with Gasteiger partial charge in [-0.1, -0.05) is 0 Å². The third kappa shape index (κ3) is 3.31. The number of aromatic amines is 1. The van der Waals surface area contributed by atoms with Crippen molar-refractivity contribution in [1.29, 1.82) is 0 Å². The molecule has 1 aliphatic carbocycles. The number of ether oxygens (including phenoxy) is 1. The fourth-order valence-corrected chi connectivity index (χ4v) is 4.39. The van der Waals surface area contributed by atoms with E-state index in [1.807, 2.05) is 0 Å². The predicted molar refractivity (Wildman–Crippen MR) is 93.7 cm³/mol. The number of hydrogen-bond donors (Lipinski definition) is 2. The molecular weight excluding hydrogens is 344 g/mol. The highest BCUT2D eigenvalue weighted by molar-refractivity contribution is 7.71. The Morgan fingerprint density at radius 1 is 1.54 bits per heavy atom. The number of carbonyl (C=O) groups is 1. The zero-order valence-corrected chi connectivity index (χ0v) is 14.9. The maximum Gasteiger partial charge on any atom is 0.222 e. The fourth-order valence-electron chi connectivity index (χ4n) is 3.17. The van der Waals surface area contributed by atoms with Gasteiger partial charge < -0.3 is 14.6 Å². The number of thiophene rings is 1. The Bertz CT molecular complexity index is 790. The molecule has 2 N–H and O–H groups in total. The van der Waals surface area contributed by atoms with Gasteiger partial charge >= 0.3 is 0 Å². The van der Waals surface area contributed by atoms with Crippen LogP contribution < -0.4 is 5.32 Å². The quantitative estimate of drug-likeness (QED) is 0.773. The molecule has 0 radical (unpaired) electrons. The van der Waals surface area contributed by atoms with E-state index in [4.69, 9.17) is 17.0 Å². The molecule has 2 aliphatic rings. The van der Waals surface area contributed by atoms with Crippen LogP contribution in [0.2, 0.25) is 0 Å². The summed E-state index contributed by atoms with van der Waals surface area (Å²) in [4.78, 5) is 13.6. The number of nitrogens with zero attached hydrogens (tertiary/aromatic N) is 2. The summed E-state index contributed by atoms with van der Waals surface area (Å²) in [6.45, 7) is 1.26. The molecule has 2 aromatic heterocycles. The van der Waals surface area contributed by atoms with E-state index in [0.29, 0.717) is 36.8 Å². The van der Waals surface area contributed by atoms with Crippen molar-refractivity contribution in [2.24, 2.45) is 0 Å². The van der Waals surface area contributed by atoms with Crippen molar-refractivity contribution < 1.29 is 9.53 Å². The second-order valence-electron chi connectivity index (χ2n) is 6.26. The molecule has 24 heavy (non-hydrogen) atoms. The highest BCUT2D eigenvalue weighted by Gasteiger charge is 2.27. The number of amides is 1. The molecule has 0 unspecified atom stereocenters. The molecule has 1 amide bonds. The lowest BCUT2D eigenvalue weighted by molar-refractivity contribution is -0.124. The fraction of sp³-hybridized carbons (Fsp3) is 0.562. The van der Waals surface area contributed by atoms with Gasteiger partial charge in [0.25, 0.3) is 0 Å². The van der Waals surface area contributed by atoms with Crippen LogP contribution in [0.25, 0.3) is 0 Å². The molecule has 2 aromatic rings. The van der Waals surface area contributed by atoms with Crippen LogP contribution in [0.3, 0.4) is 0 Å². The van der Waals surface area contributed by atoms with Crippen LogP contribution in [0.4, 0.5) is 0 Å². The second kappa shape index (κ2) is 6.78. The van der Waals surface area contributed by atoms with Gasteiger partial charge in [-0.3, -0.25) is 9.89 Å². The van der Waals surface area contributed by atoms with Crippen molar-refractivity contribution in [1.82, 2.24) is 20.1 Å². The van der Waals surface area contributed by atoms with E-state index in [9.17, 15) is 4.79 Å². The van der Waals surface area contributed by atoms with Gasteiger partial charge in [-0.25, -0.2) is 0 Å². The minimum absolute atomic E-state index is 0.0196. The standard InChI is InChI=1S/C16H20N4O2S2/c21-15(9-12-11-5-8-24-13(11)4-7-22-12)17-6-3-14-18-19-16(23)20(14)10-1-2-10/h5,8,10,12H,1-4,6-7,9H2,(H,17,21)(H,19,23)/t12-/m1/s1. The summed E-state index contributed by atoms with van der Waals surface area (Å²) < 4.78 is 8.54. The molecule has 0 bridgehead atoms. The number of H-pyrrole nitrogens is 1. The average Bonchev–Trinajstić information content (AvgIpc) is 3.15. The molecule has 1 atom stereocenters. The van der Waals surface area contributed by atoms with E-state index in [1.165, 1.54) is 10.4 Å². The summed E-state index contributed by atoms with van der Waals surface area (Å²) in [7, 11) is 0. The van der Waals surface area contributed by atoms with E-state index < -0.39 is 0 Å². The molecular formula is C16H20N4O2S2. The minimum Gasteiger partial charge on any atom is -0.373 e. The predicted octanol–water partition coefficient (Wildman–Crippen LogP) is 2.70. The molecule has 6 nitrogen and oxygen atoms in total. The van der Waals surface area contributed by atoms with Gasteiger partial charge in [-0.15, -0.1) is 11.3 Å². The van der Waals surface area contributed by atoms with E-state index in [1.54, 1.807) is 11.3 Å². The highest BCUT2D eigenvalue weighted by Crippen LogP contribution is 2.36. The Hall–Kier alpha value is -1.51. The smallest absolute Gasteiger partial charge is 0.222 e. The maximum absolute atomic E-state index is 12.2. The first-order chi connectivity index (χ1) is 11.7. The van der Waals surface area contributed by atoms with E-state index in [2.05, 4.69) is 31.5 Å². The molecule has 0 aromatic carbocycles. The lowest BCUT2D eigenvalue weighted by Gasteiger charge is -2.22. The Labute approximate surface area is 149 Å². The van der Waals surface area contributed by atoms with Crippen LogP contribution >= 0.6 is 23.6 Å². The first-order valence-electron chi connectivity index (χ1n) is 8.32. The van der Waals surface area contributed by atoms with Gasteiger partial charge in [-0.2, -0.15) is 5.10 Å². The normalized spacial score (nSPS) is 19.9. The van der Waals surface area contributed by atoms with Crippen molar-refractivity contribution in [3.63, 3.8) is 0 Å². The molecule has 1 fully saturated rings. The first-order valence-corrected chi connectivity index (χ1v) is 9.61. The van der Waals surface area contributed by atoms with E-state index in [0.717, 1.165) is 25.1 Å². The molecule has 4 rings (SSSR count). The second-order valence-corrected chi connectivity index (χ2v) is 7.65. The van der Waals surface area contributed by atoms with Crippen molar-refractivity contribution >= 4 is 29.5 Å². The Morgan fingerprint density at radius 3 is 3.25 bits per heavy atom. The molecule has 3 heterocycles. The third-order valence-electron chi connectivity index (χ3n) is 4.51. The van der Waals surface area contributed by atoms with Crippen molar-refractivity contribution in [3.05, 3.63) is 32.5 Å².